The smallest absolute Gasteiger partial charge is 0.306 e. The number of hydrogen-bond acceptors (Lipinski definition) is 4. The van der Waals surface area contributed by atoms with Gasteiger partial charge in [-0.1, -0.05) is 18.6 Å². The number of ether oxygens (including phenoxy) is 1. The Hall–Kier alpha value is -1.95. The van der Waals surface area contributed by atoms with Crippen molar-refractivity contribution in [3.63, 3.8) is 0 Å². The zero-order valence-electron chi connectivity index (χ0n) is 17.2. The van der Waals surface area contributed by atoms with Gasteiger partial charge in [0.15, 0.2) is 0 Å². The minimum absolute atomic E-state index is 0.0657. The molecule has 5 nitrogen and oxygen atoms in total. The van der Waals surface area contributed by atoms with E-state index in [-0.39, 0.29) is 30.5 Å². The lowest BCUT2D eigenvalue weighted by Gasteiger charge is -2.34. The molecule has 28 heavy (non-hydrogen) atoms. The molecule has 6 heteroatoms. The lowest BCUT2D eigenvalue weighted by Crippen LogP contribution is -2.40. The van der Waals surface area contributed by atoms with Gasteiger partial charge in [0.2, 0.25) is 5.91 Å². The molecule has 0 N–H and O–H groups in total. The first-order valence-corrected chi connectivity index (χ1v) is 10.4. The number of rotatable bonds is 10. The van der Waals surface area contributed by atoms with Crippen LogP contribution in [0.3, 0.4) is 0 Å². The second kappa shape index (κ2) is 11.8. The highest BCUT2D eigenvalue weighted by molar-refractivity contribution is 5.81. The molecule has 1 fully saturated rings. The third kappa shape index (κ3) is 7.58. The van der Waals surface area contributed by atoms with Gasteiger partial charge in [0.25, 0.3) is 0 Å². The second-order valence-electron chi connectivity index (χ2n) is 7.48. The first-order valence-electron chi connectivity index (χ1n) is 10.4. The van der Waals surface area contributed by atoms with E-state index in [0.29, 0.717) is 25.7 Å². The summed E-state index contributed by atoms with van der Waals surface area (Å²) < 4.78 is 18.1. The zero-order valence-corrected chi connectivity index (χ0v) is 17.2. The predicted molar refractivity (Wildman–Crippen MR) is 107 cm³/mol. The standard InChI is InChI=1S/C22H33FN2O3/c1-3-28-22(27)13-12-21(26)25(17-19-8-10-20(23)11-9-19)16-6-15-24-14-5-4-7-18(24)2/h8-11,18H,3-7,12-17H2,1-2H3. The molecule has 1 amide bonds. The molecule has 1 unspecified atom stereocenters. The van der Waals surface area contributed by atoms with E-state index in [1.165, 1.54) is 31.4 Å². The summed E-state index contributed by atoms with van der Waals surface area (Å²) in [7, 11) is 0. The monoisotopic (exact) mass is 392 g/mol. The van der Waals surface area contributed by atoms with Crippen molar-refractivity contribution in [2.75, 3.05) is 26.2 Å². The minimum Gasteiger partial charge on any atom is -0.466 e. The lowest BCUT2D eigenvalue weighted by molar-refractivity contribution is -0.145. The minimum atomic E-state index is -0.347. The van der Waals surface area contributed by atoms with E-state index in [0.717, 1.165) is 25.1 Å². The predicted octanol–water partition coefficient (Wildman–Crippen LogP) is 3.76. The van der Waals surface area contributed by atoms with E-state index in [2.05, 4.69) is 11.8 Å². The number of carbonyl (C=O) groups excluding carboxylic acids is 2. The van der Waals surface area contributed by atoms with Gasteiger partial charge in [-0.25, -0.2) is 4.39 Å². The molecule has 0 aromatic heterocycles. The van der Waals surface area contributed by atoms with Crippen LogP contribution in [-0.2, 0) is 20.9 Å². The molecule has 0 saturated carbocycles. The molecule has 1 aliphatic rings. The number of nitrogens with zero attached hydrogens (tertiary/aromatic N) is 2. The van der Waals surface area contributed by atoms with Gasteiger partial charge >= 0.3 is 5.97 Å². The molecule has 1 atom stereocenters. The fraction of sp³-hybridized carbons (Fsp3) is 0.636. The van der Waals surface area contributed by atoms with E-state index in [9.17, 15) is 14.0 Å². The molecule has 1 aromatic carbocycles. The molecule has 156 valence electrons. The van der Waals surface area contributed by atoms with Gasteiger partial charge in [-0.15, -0.1) is 0 Å². The summed E-state index contributed by atoms with van der Waals surface area (Å²) in [6, 6.07) is 6.82. The molecule has 0 bridgehead atoms. The highest BCUT2D eigenvalue weighted by Gasteiger charge is 2.20. The van der Waals surface area contributed by atoms with Crippen LogP contribution >= 0.6 is 0 Å². The maximum absolute atomic E-state index is 13.2. The largest absolute Gasteiger partial charge is 0.466 e. The quantitative estimate of drug-likeness (QED) is 0.569. The summed E-state index contributed by atoms with van der Waals surface area (Å²) in [5.74, 6) is -0.702. The van der Waals surface area contributed by atoms with Crippen LogP contribution in [0.25, 0.3) is 0 Å². The van der Waals surface area contributed by atoms with Crippen molar-refractivity contribution in [3.8, 4) is 0 Å². The summed E-state index contributed by atoms with van der Waals surface area (Å²) in [4.78, 5) is 28.5. The number of piperidine rings is 1. The number of halogens is 1. The highest BCUT2D eigenvalue weighted by atomic mass is 19.1. The molecular formula is C22H33FN2O3. The average Bonchev–Trinajstić information content (AvgIpc) is 2.68. The maximum Gasteiger partial charge on any atom is 0.306 e. The van der Waals surface area contributed by atoms with Crippen molar-refractivity contribution in [2.24, 2.45) is 0 Å². The van der Waals surface area contributed by atoms with Crippen molar-refractivity contribution in [2.45, 2.75) is 65.0 Å². The van der Waals surface area contributed by atoms with Crippen LogP contribution in [-0.4, -0.2) is 54.0 Å². The fourth-order valence-corrected chi connectivity index (χ4v) is 3.66. The topological polar surface area (TPSA) is 49.9 Å². The Bertz CT molecular complexity index is 621. The molecule has 0 spiro atoms. The molecule has 0 aliphatic carbocycles. The van der Waals surface area contributed by atoms with Gasteiger partial charge in [-0.2, -0.15) is 0 Å². The van der Waals surface area contributed by atoms with Crippen molar-refractivity contribution in [3.05, 3.63) is 35.6 Å². The van der Waals surface area contributed by atoms with Crippen LogP contribution in [0, 0.1) is 5.82 Å². The molecule has 0 radical (unpaired) electrons. The Morgan fingerprint density at radius 3 is 2.64 bits per heavy atom. The summed E-state index contributed by atoms with van der Waals surface area (Å²) in [5.41, 5.74) is 0.886. The summed E-state index contributed by atoms with van der Waals surface area (Å²) in [6.07, 6.45) is 4.88. The summed E-state index contributed by atoms with van der Waals surface area (Å²) in [5, 5.41) is 0. The second-order valence-corrected chi connectivity index (χ2v) is 7.48. The van der Waals surface area contributed by atoms with Crippen molar-refractivity contribution in [1.29, 1.82) is 0 Å². The molecule has 1 saturated heterocycles. The number of amides is 1. The third-order valence-corrected chi connectivity index (χ3v) is 5.30. The summed E-state index contributed by atoms with van der Waals surface area (Å²) in [6.45, 7) is 7.48. The van der Waals surface area contributed by atoms with Crippen molar-refractivity contribution < 1.29 is 18.7 Å². The zero-order chi connectivity index (χ0) is 20.4. The maximum atomic E-state index is 13.2. The van der Waals surface area contributed by atoms with Crippen LogP contribution in [0.4, 0.5) is 4.39 Å². The SMILES string of the molecule is CCOC(=O)CCC(=O)N(CCCN1CCCCC1C)Cc1ccc(F)cc1. The Balaban J connectivity index is 1.91. The number of likely N-dealkylation sites (tertiary alicyclic amines) is 1. The molecule has 1 heterocycles. The van der Waals surface area contributed by atoms with Crippen molar-refractivity contribution >= 4 is 11.9 Å². The van der Waals surface area contributed by atoms with Crippen LogP contribution in [0.5, 0.6) is 0 Å². The van der Waals surface area contributed by atoms with Gasteiger partial charge in [0, 0.05) is 32.1 Å². The van der Waals surface area contributed by atoms with Gasteiger partial charge < -0.3 is 14.5 Å². The van der Waals surface area contributed by atoms with E-state index in [1.807, 2.05) is 0 Å². The van der Waals surface area contributed by atoms with E-state index in [1.54, 1.807) is 24.0 Å². The van der Waals surface area contributed by atoms with Crippen LogP contribution in [0.15, 0.2) is 24.3 Å². The fourth-order valence-electron chi connectivity index (χ4n) is 3.66. The number of esters is 1. The summed E-state index contributed by atoms with van der Waals surface area (Å²) >= 11 is 0. The van der Waals surface area contributed by atoms with Crippen molar-refractivity contribution in [1.82, 2.24) is 9.80 Å². The number of hydrogen-bond donors (Lipinski definition) is 0. The third-order valence-electron chi connectivity index (χ3n) is 5.30. The molecule has 1 aromatic rings. The number of carbonyl (C=O) groups is 2. The first kappa shape index (κ1) is 22.3. The van der Waals surface area contributed by atoms with E-state index >= 15 is 0 Å². The average molecular weight is 393 g/mol. The van der Waals surface area contributed by atoms with E-state index < -0.39 is 0 Å². The Morgan fingerprint density at radius 2 is 1.96 bits per heavy atom. The Labute approximate surface area is 167 Å². The van der Waals surface area contributed by atoms with Gasteiger partial charge in [-0.05, 0) is 57.4 Å². The molecular weight excluding hydrogens is 359 g/mol. The number of benzene rings is 1. The first-order chi connectivity index (χ1) is 13.5. The molecule has 1 aliphatic heterocycles. The highest BCUT2D eigenvalue weighted by Crippen LogP contribution is 2.17. The van der Waals surface area contributed by atoms with E-state index in [4.69, 9.17) is 4.74 Å². The Kier molecular flexibility index (Phi) is 9.41. The lowest BCUT2D eigenvalue weighted by atomic mass is 10.0. The van der Waals surface area contributed by atoms with Gasteiger partial charge in [-0.3, -0.25) is 9.59 Å². The normalized spacial score (nSPS) is 17.3. The Morgan fingerprint density at radius 1 is 1.21 bits per heavy atom. The van der Waals surface area contributed by atoms with Crippen LogP contribution in [0.2, 0.25) is 0 Å². The van der Waals surface area contributed by atoms with Crippen LogP contribution < -0.4 is 0 Å². The van der Waals surface area contributed by atoms with Gasteiger partial charge in [0.05, 0.1) is 13.0 Å². The van der Waals surface area contributed by atoms with Crippen LogP contribution in [0.1, 0.15) is 57.9 Å². The van der Waals surface area contributed by atoms with Gasteiger partial charge in [0.1, 0.15) is 5.82 Å². The molecule has 2 rings (SSSR count).